The molecule has 0 saturated heterocycles. The first-order valence-corrected chi connectivity index (χ1v) is 7.68. The Morgan fingerprint density at radius 3 is 2.47 bits per heavy atom. The van der Waals surface area contributed by atoms with Crippen LogP contribution in [0.2, 0.25) is 0 Å². The summed E-state index contributed by atoms with van der Waals surface area (Å²) in [5.74, 6) is 0.668. The number of carbonyl (C=O) groups excluding carboxylic acids is 1. The maximum absolute atomic E-state index is 12.7. The second-order valence-corrected chi connectivity index (χ2v) is 7.55. The number of thioether (sulfide) groups is 1. The maximum Gasteiger partial charge on any atom is 0.159 e. The van der Waals surface area contributed by atoms with E-state index in [2.05, 4.69) is 34.6 Å². The molecule has 2 nitrogen and oxygen atoms in total. The molecule has 2 rings (SSSR count). The Morgan fingerprint density at radius 2 is 1.89 bits per heavy atom. The quantitative estimate of drug-likeness (QED) is 0.789. The summed E-state index contributed by atoms with van der Waals surface area (Å²) in [6, 6.07) is -0.112. The summed E-state index contributed by atoms with van der Waals surface area (Å²) in [5, 5.41) is 2.67. The minimum Gasteiger partial charge on any atom is -0.297 e. The van der Waals surface area contributed by atoms with Crippen LogP contribution in [0.4, 0.5) is 0 Å². The fourth-order valence-corrected chi connectivity index (χ4v) is 3.79. The molecular formula is C16H23NOS. The van der Waals surface area contributed by atoms with Gasteiger partial charge in [0.2, 0.25) is 0 Å². The zero-order valence-electron chi connectivity index (χ0n) is 12.4. The highest BCUT2D eigenvalue weighted by Crippen LogP contribution is 2.42. The summed E-state index contributed by atoms with van der Waals surface area (Å²) in [6.07, 6.45) is 8.65. The van der Waals surface area contributed by atoms with Gasteiger partial charge in [0, 0.05) is 16.6 Å². The van der Waals surface area contributed by atoms with Crippen molar-refractivity contribution in [1.29, 1.82) is 0 Å². The molecule has 3 heteroatoms. The van der Waals surface area contributed by atoms with Gasteiger partial charge in [0.1, 0.15) is 0 Å². The van der Waals surface area contributed by atoms with Crippen LogP contribution in [0, 0.1) is 11.3 Å². The lowest BCUT2D eigenvalue weighted by atomic mass is 9.79. The lowest BCUT2D eigenvalue weighted by Crippen LogP contribution is -2.45. The first-order chi connectivity index (χ1) is 8.82. The molecular weight excluding hydrogens is 254 g/mol. The predicted molar refractivity (Wildman–Crippen MR) is 83.2 cm³/mol. The Bertz CT molecular complexity index is 454. The highest BCUT2D eigenvalue weighted by Gasteiger charge is 2.40. The van der Waals surface area contributed by atoms with Crippen molar-refractivity contribution in [2.24, 2.45) is 11.3 Å². The molecule has 0 aromatic heterocycles. The number of allylic oxidation sites excluding steroid dienone is 3. The van der Waals surface area contributed by atoms with E-state index in [4.69, 9.17) is 0 Å². The average molecular weight is 277 g/mol. The summed E-state index contributed by atoms with van der Waals surface area (Å²) in [5.41, 5.74) is 0.938. The van der Waals surface area contributed by atoms with Crippen LogP contribution < -0.4 is 0 Å². The smallest absolute Gasteiger partial charge is 0.159 e. The van der Waals surface area contributed by atoms with Crippen molar-refractivity contribution in [2.45, 2.75) is 32.1 Å². The average Bonchev–Trinajstić information content (AvgIpc) is 2.72. The van der Waals surface area contributed by atoms with E-state index in [0.29, 0.717) is 17.0 Å². The third kappa shape index (κ3) is 2.87. The maximum atomic E-state index is 12.7. The summed E-state index contributed by atoms with van der Waals surface area (Å²) < 4.78 is 0. The largest absolute Gasteiger partial charge is 0.297 e. The predicted octanol–water partition coefficient (Wildman–Crippen LogP) is 3.27. The van der Waals surface area contributed by atoms with Crippen LogP contribution in [0.25, 0.3) is 0 Å². The van der Waals surface area contributed by atoms with E-state index in [0.717, 1.165) is 0 Å². The summed E-state index contributed by atoms with van der Waals surface area (Å²) in [7, 11) is 3.99. The van der Waals surface area contributed by atoms with Crippen molar-refractivity contribution in [2.75, 3.05) is 14.1 Å². The van der Waals surface area contributed by atoms with E-state index in [9.17, 15) is 4.79 Å². The van der Waals surface area contributed by atoms with Crippen LogP contribution in [0.5, 0.6) is 0 Å². The van der Waals surface area contributed by atoms with E-state index in [1.165, 1.54) is 5.57 Å². The van der Waals surface area contributed by atoms with Crippen LogP contribution in [-0.2, 0) is 4.79 Å². The van der Waals surface area contributed by atoms with E-state index in [1.54, 1.807) is 0 Å². The van der Waals surface area contributed by atoms with Crippen molar-refractivity contribution in [3.8, 4) is 0 Å². The molecule has 0 aromatic carbocycles. The summed E-state index contributed by atoms with van der Waals surface area (Å²) in [4.78, 5) is 14.8. The zero-order valence-corrected chi connectivity index (χ0v) is 13.2. The standard InChI is InChI=1S/C16H23NOS/c1-16(2,3)15(18)14(17(4)5)12-10-19-13-9-7-6-8-11(12)13/h6-11,13-14H,1-5H3. The van der Waals surface area contributed by atoms with Gasteiger partial charge in [-0.1, -0.05) is 45.1 Å². The van der Waals surface area contributed by atoms with E-state index < -0.39 is 0 Å². The number of likely N-dealkylation sites (N-methyl/N-ethyl adjacent to an activating group) is 1. The van der Waals surface area contributed by atoms with Crippen LogP contribution in [0.15, 0.2) is 35.3 Å². The van der Waals surface area contributed by atoms with Gasteiger partial charge in [-0.05, 0) is 25.1 Å². The minimum atomic E-state index is -0.313. The Balaban J connectivity index is 2.29. The van der Waals surface area contributed by atoms with E-state index in [-0.39, 0.29) is 11.5 Å². The Labute approximate surface area is 120 Å². The molecule has 3 unspecified atom stereocenters. The van der Waals surface area contributed by atoms with Crippen LogP contribution in [-0.4, -0.2) is 36.1 Å². The molecule has 1 aliphatic heterocycles. The second-order valence-electron chi connectivity index (χ2n) is 6.49. The second kappa shape index (κ2) is 5.29. The normalized spacial score (nSPS) is 27.4. The number of hydrogen-bond donors (Lipinski definition) is 0. The van der Waals surface area contributed by atoms with Crippen molar-refractivity contribution >= 4 is 17.5 Å². The molecule has 0 amide bonds. The third-order valence-corrected chi connectivity index (χ3v) is 4.82. The molecule has 0 saturated carbocycles. The molecule has 0 aromatic rings. The van der Waals surface area contributed by atoms with E-state index in [1.807, 2.05) is 46.6 Å². The first kappa shape index (κ1) is 14.6. The molecule has 2 aliphatic rings. The van der Waals surface area contributed by atoms with Gasteiger partial charge in [-0.2, -0.15) is 0 Å². The van der Waals surface area contributed by atoms with Crippen molar-refractivity contribution in [3.63, 3.8) is 0 Å². The third-order valence-electron chi connectivity index (χ3n) is 3.65. The molecule has 104 valence electrons. The molecule has 1 heterocycles. The van der Waals surface area contributed by atoms with Crippen LogP contribution in [0.3, 0.4) is 0 Å². The van der Waals surface area contributed by atoms with Crippen LogP contribution >= 0.6 is 11.8 Å². The van der Waals surface area contributed by atoms with Gasteiger partial charge in [-0.25, -0.2) is 0 Å². The number of Topliss-reactive ketones (excluding diaryl/α,β-unsaturated/α-hetero) is 1. The highest BCUT2D eigenvalue weighted by molar-refractivity contribution is 8.03. The van der Waals surface area contributed by atoms with Crippen molar-refractivity contribution < 1.29 is 4.79 Å². The monoisotopic (exact) mass is 277 g/mol. The van der Waals surface area contributed by atoms with Crippen molar-refractivity contribution in [3.05, 3.63) is 35.3 Å². The Hall–Kier alpha value is -0.800. The van der Waals surface area contributed by atoms with Gasteiger partial charge in [0.25, 0.3) is 0 Å². The Morgan fingerprint density at radius 1 is 1.26 bits per heavy atom. The fourth-order valence-electron chi connectivity index (χ4n) is 2.59. The molecule has 0 bridgehead atoms. The number of ketones is 1. The van der Waals surface area contributed by atoms with Gasteiger partial charge < -0.3 is 0 Å². The van der Waals surface area contributed by atoms with E-state index >= 15 is 0 Å². The number of nitrogens with zero attached hydrogens (tertiary/aromatic N) is 1. The van der Waals surface area contributed by atoms with Gasteiger partial charge in [0.15, 0.2) is 5.78 Å². The highest BCUT2D eigenvalue weighted by atomic mass is 32.2. The fraction of sp³-hybridized carbons (Fsp3) is 0.562. The van der Waals surface area contributed by atoms with Gasteiger partial charge in [0.05, 0.1) is 6.04 Å². The lowest BCUT2D eigenvalue weighted by molar-refractivity contribution is -0.129. The molecule has 1 aliphatic carbocycles. The molecule has 0 radical (unpaired) electrons. The SMILES string of the molecule is CN(C)C(C(=O)C(C)(C)C)C1=CSC2C=CC=CC12. The molecule has 19 heavy (non-hydrogen) atoms. The number of fused-ring (bicyclic) bond motifs is 1. The van der Waals surface area contributed by atoms with Gasteiger partial charge in [-0.3, -0.25) is 9.69 Å². The molecule has 3 atom stereocenters. The topological polar surface area (TPSA) is 20.3 Å². The Kier molecular flexibility index (Phi) is 4.07. The zero-order chi connectivity index (χ0) is 14.2. The lowest BCUT2D eigenvalue weighted by Gasteiger charge is -2.33. The van der Waals surface area contributed by atoms with Gasteiger partial charge in [-0.15, -0.1) is 11.8 Å². The number of rotatable bonds is 3. The molecule has 0 fully saturated rings. The number of hydrogen-bond acceptors (Lipinski definition) is 3. The molecule has 0 spiro atoms. The molecule has 0 N–H and O–H groups in total. The van der Waals surface area contributed by atoms with Gasteiger partial charge >= 0.3 is 0 Å². The summed E-state index contributed by atoms with van der Waals surface area (Å²) >= 11 is 1.83. The van der Waals surface area contributed by atoms with Crippen molar-refractivity contribution in [1.82, 2.24) is 4.90 Å². The number of carbonyl (C=O) groups is 1. The first-order valence-electron chi connectivity index (χ1n) is 6.73. The van der Waals surface area contributed by atoms with Crippen LogP contribution in [0.1, 0.15) is 20.8 Å². The minimum absolute atomic E-state index is 0.112. The summed E-state index contributed by atoms with van der Waals surface area (Å²) in [6.45, 7) is 6.01.